The van der Waals surface area contributed by atoms with Crippen LogP contribution in [0.1, 0.15) is 33.0 Å². The molecule has 2 aromatic heterocycles. The fourth-order valence-corrected chi connectivity index (χ4v) is 2.84. The molecule has 1 amide bonds. The third kappa shape index (κ3) is 2.61. The van der Waals surface area contributed by atoms with Crippen LogP contribution in [0.4, 0.5) is 0 Å². The van der Waals surface area contributed by atoms with E-state index in [1.54, 1.807) is 11.3 Å². The average Bonchev–Trinajstić information content (AvgIpc) is 2.92. The van der Waals surface area contributed by atoms with Crippen molar-refractivity contribution in [2.75, 3.05) is 0 Å². The maximum atomic E-state index is 12.0. The first kappa shape index (κ1) is 12.8. The molecule has 0 unspecified atom stereocenters. The number of aromatic nitrogens is 2. The first-order valence-corrected chi connectivity index (χ1v) is 6.78. The molecule has 0 aliphatic rings. The van der Waals surface area contributed by atoms with E-state index in [1.807, 2.05) is 36.9 Å². The van der Waals surface area contributed by atoms with Gasteiger partial charge in [0, 0.05) is 18.1 Å². The molecule has 0 aliphatic heterocycles. The number of thiazole rings is 1. The number of nitrogens with zero attached hydrogens (tertiary/aromatic N) is 2. The average molecular weight is 263 g/mol. The summed E-state index contributed by atoms with van der Waals surface area (Å²) in [7, 11) is 1.86. The van der Waals surface area contributed by atoms with E-state index in [-0.39, 0.29) is 5.91 Å². The van der Waals surface area contributed by atoms with E-state index in [2.05, 4.69) is 17.2 Å². The van der Waals surface area contributed by atoms with Gasteiger partial charge in [-0.3, -0.25) is 4.79 Å². The zero-order valence-electron chi connectivity index (χ0n) is 10.9. The van der Waals surface area contributed by atoms with Gasteiger partial charge in [-0.2, -0.15) is 0 Å². The molecule has 4 nitrogen and oxygen atoms in total. The molecule has 1 N–H and O–H groups in total. The standard InChI is InChI=1S/C13H17N3OS/c1-4-10-12(18-9(2)15-10)8-14-13(17)11-6-5-7-16(11)3/h5-7H,4,8H2,1-3H3,(H,14,17). The predicted octanol–water partition coefficient (Wildman–Crippen LogP) is 2.28. The second-order valence-electron chi connectivity index (χ2n) is 4.14. The molecule has 0 radical (unpaired) electrons. The quantitative estimate of drug-likeness (QED) is 0.920. The number of aryl methyl sites for hydroxylation is 3. The third-order valence-electron chi connectivity index (χ3n) is 2.81. The van der Waals surface area contributed by atoms with Gasteiger partial charge in [-0.1, -0.05) is 6.92 Å². The molecule has 0 bridgehead atoms. The topological polar surface area (TPSA) is 46.9 Å². The Morgan fingerprint density at radius 2 is 2.33 bits per heavy atom. The molecule has 2 rings (SSSR count). The zero-order valence-corrected chi connectivity index (χ0v) is 11.7. The van der Waals surface area contributed by atoms with Crippen LogP contribution in [0.15, 0.2) is 18.3 Å². The van der Waals surface area contributed by atoms with Crippen LogP contribution < -0.4 is 5.32 Å². The Labute approximate surface area is 111 Å². The number of amides is 1. The summed E-state index contributed by atoms with van der Waals surface area (Å²) in [5.41, 5.74) is 1.76. The van der Waals surface area contributed by atoms with Gasteiger partial charge in [0.2, 0.25) is 0 Å². The smallest absolute Gasteiger partial charge is 0.268 e. The van der Waals surface area contributed by atoms with Crippen LogP contribution >= 0.6 is 11.3 Å². The molecule has 0 spiro atoms. The van der Waals surface area contributed by atoms with Crippen LogP contribution in [-0.4, -0.2) is 15.5 Å². The van der Waals surface area contributed by atoms with Gasteiger partial charge in [0.1, 0.15) is 5.69 Å². The predicted molar refractivity (Wildman–Crippen MR) is 72.8 cm³/mol. The molecule has 0 saturated carbocycles. The van der Waals surface area contributed by atoms with Crippen molar-refractivity contribution >= 4 is 17.2 Å². The van der Waals surface area contributed by atoms with Crippen LogP contribution in [0.2, 0.25) is 0 Å². The molecule has 0 fully saturated rings. The number of hydrogen-bond donors (Lipinski definition) is 1. The number of nitrogens with one attached hydrogen (secondary N) is 1. The lowest BCUT2D eigenvalue weighted by Crippen LogP contribution is -2.24. The van der Waals surface area contributed by atoms with Crippen LogP contribution in [0, 0.1) is 6.92 Å². The fraction of sp³-hybridized carbons (Fsp3) is 0.385. The Morgan fingerprint density at radius 3 is 2.94 bits per heavy atom. The van der Waals surface area contributed by atoms with E-state index in [1.165, 1.54) is 0 Å². The number of rotatable bonds is 4. The van der Waals surface area contributed by atoms with Crippen LogP contribution in [0.5, 0.6) is 0 Å². The summed E-state index contributed by atoms with van der Waals surface area (Å²) in [4.78, 5) is 17.6. The summed E-state index contributed by atoms with van der Waals surface area (Å²) in [6.07, 6.45) is 2.77. The normalized spacial score (nSPS) is 10.6. The van der Waals surface area contributed by atoms with Gasteiger partial charge >= 0.3 is 0 Å². The lowest BCUT2D eigenvalue weighted by molar-refractivity contribution is 0.0943. The first-order valence-electron chi connectivity index (χ1n) is 5.96. The lowest BCUT2D eigenvalue weighted by atomic mass is 10.3. The van der Waals surface area contributed by atoms with Crippen molar-refractivity contribution in [1.29, 1.82) is 0 Å². The zero-order chi connectivity index (χ0) is 13.1. The van der Waals surface area contributed by atoms with Crippen molar-refractivity contribution in [2.24, 2.45) is 7.05 Å². The van der Waals surface area contributed by atoms with Gasteiger partial charge in [0.15, 0.2) is 0 Å². The Morgan fingerprint density at radius 1 is 1.56 bits per heavy atom. The third-order valence-corrected chi connectivity index (χ3v) is 3.82. The fourth-order valence-electron chi connectivity index (χ4n) is 1.87. The second-order valence-corrected chi connectivity index (χ2v) is 5.43. The lowest BCUT2D eigenvalue weighted by Gasteiger charge is -2.05. The van der Waals surface area contributed by atoms with Crippen molar-refractivity contribution in [3.8, 4) is 0 Å². The van der Waals surface area contributed by atoms with Crippen LogP contribution in [0.3, 0.4) is 0 Å². The van der Waals surface area contributed by atoms with Crippen molar-refractivity contribution in [3.05, 3.63) is 39.6 Å². The molecule has 96 valence electrons. The molecule has 18 heavy (non-hydrogen) atoms. The van der Waals surface area contributed by atoms with Crippen LogP contribution in [-0.2, 0) is 20.0 Å². The SMILES string of the molecule is CCc1nc(C)sc1CNC(=O)c1cccn1C. The molecular weight excluding hydrogens is 246 g/mol. The van der Waals surface area contributed by atoms with E-state index in [0.717, 1.165) is 22.0 Å². The molecule has 5 heteroatoms. The largest absolute Gasteiger partial charge is 0.347 e. The second kappa shape index (κ2) is 5.35. The van der Waals surface area contributed by atoms with E-state index in [4.69, 9.17) is 0 Å². The molecule has 0 saturated heterocycles. The molecule has 0 atom stereocenters. The summed E-state index contributed by atoms with van der Waals surface area (Å²) >= 11 is 1.65. The Bertz CT molecular complexity index is 556. The van der Waals surface area contributed by atoms with Crippen molar-refractivity contribution in [3.63, 3.8) is 0 Å². The van der Waals surface area contributed by atoms with Gasteiger partial charge < -0.3 is 9.88 Å². The van der Waals surface area contributed by atoms with Gasteiger partial charge in [0.05, 0.1) is 17.2 Å². The molecule has 2 aromatic rings. The van der Waals surface area contributed by atoms with Crippen molar-refractivity contribution < 1.29 is 4.79 Å². The summed E-state index contributed by atoms with van der Waals surface area (Å²) in [5.74, 6) is -0.0457. The Hall–Kier alpha value is -1.62. The number of hydrogen-bond acceptors (Lipinski definition) is 3. The Kier molecular flexibility index (Phi) is 3.81. The van der Waals surface area contributed by atoms with E-state index >= 15 is 0 Å². The van der Waals surface area contributed by atoms with Crippen LogP contribution in [0.25, 0.3) is 0 Å². The monoisotopic (exact) mass is 263 g/mol. The summed E-state index contributed by atoms with van der Waals surface area (Å²) < 4.78 is 1.81. The van der Waals surface area contributed by atoms with Gasteiger partial charge in [-0.25, -0.2) is 4.98 Å². The van der Waals surface area contributed by atoms with Crippen molar-refractivity contribution in [1.82, 2.24) is 14.9 Å². The van der Waals surface area contributed by atoms with E-state index < -0.39 is 0 Å². The minimum atomic E-state index is -0.0457. The van der Waals surface area contributed by atoms with Crippen molar-refractivity contribution in [2.45, 2.75) is 26.8 Å². The van der Waals surface area contributed by atoms with Gasteiger partial charge in [0.25, 0.3) is 5.91 Å². The highest BCUT2D eigenvalue weighted by atomic mass is 32.1. The highest BCUT2D eigenvalue weighted by Gasteiger charge is 2.11. The highest BCUT2D eigenvalue weighted by Crippen LogP contribution is 2.18. The molecule has 0 aliphatic carbocycles. The van der Waals surface area contributed by atoms with E-state index in [0.29, 0.717) is 12.2 Å². The minimum Gasteiger partial charge on any atom is -0.347 e. The van der Waals surface area contributed by atoms with Gasteiger partial charge in [-0.15, -0.1) is 11.3 Å². The molecule has 2 heterocycles. The Balaban J connectivity index is 2.03. The maximum Gasteiger partial charge on any atom is 0.268 e. The number of carbonyl (C=O) groups is 1. The maximum absolute atomic E-state index is 12.0. The molecular formula is C13H17N3OS. The number of carbonyl (C=O) groups excluding carboxylic acids is 1. The minimum absolute atomic E-state index is 0.0457. The molecule has 0 aromatic carbocycles. The summed E-state index contributed by atoms with van der Waals surface area (Å²) in [5, 5.41) is 3.99. The summed E-state index contributed by atoms with van der Waals surface area (Å²) in [6.45, 7) is 4.63. The van der Waals surface area contributed by atoms with E-state index in [9.17, 15) is 4.79 Å². The highest BCUT2D eigenvalue weighted by molar-refractivity contribution is 7.11. The first-order chi connectivity index (χ1) is 8.61. The van der Waals surface area contributed by atoms with Gasteiger partial charge in [-0.05, 0) is 25.5 Å². The summed E-state index contributed by atoms with van der Waals surface area (Å²) in [6, 6.07) is 3.68.